The average Bonchev–Trinajstić information content (AvgIpc) is 2.69. The van der Waals surface area contributed by atoms with E-state index in [9.17, 15) is 0 Å². The molecule has 0 fully saturated rings. The predicted octanol–water partition coefficient (Wildman–Crippen LogP) is 3.24. The lowest BCUT2D eigenvalue weighted by atomic mass is 10.2. The molecule has 0 unspecified atom stereocenters. The van der Waals surface area contributed by atoms with Crippen molar-refractivity contribution in [3.8, 4) is 0 Å². The van der Waals surface area contributed by atoms with Gasteiger partial charge in [0, 0.05) is 0 Å². The molecule has 0 amide bonds. The summed E-state index contributed by atoms with van der Waals surface area (Å²) in [5.41, 5.74) is 1.42. The zero-order valence-electron chi connectivity index (χ0n) is 8.83. The van der Waals surface area contributed by atoms with Crippen molar-refractivity contribution in [2.24, 2.45) is 0 Å². The number of hydrogen-bond donors (Lipinski definition) is 1. The zero-order chi connectivity index (χ0) is 10.1. The highest BCUT2D eigenvalue weighted by Crippen LogP contribution is 2.06. The lowest BCUT2D eigenvalue weighted by molar-refractivity contribution is 0.678. The van der Waals surface area contributed by atoms with Crippen molar-refractivity contribution in [3.63, 3.8) is 0 Å². The van der Waals surface area contributed by atoms with E-state index in [1.807, 2.05) is 0 Å². The van der Waals surface area contributed by atoms with Crippen LogP contribution in [0.5, 0.6) is 0 Å². The van der Waals surface area contributed by atoms with Crippen LogP contribution in [0.1, 0.15) is 25.3 Å². The fraction of sp³-hybridized carbons (Fsp3) is 0.500. The zero-order valence-corrected chi connectivity index (χ0v) is 9.65. The second kappa shape index (κ2) is 7.77. The molecule has 1 nitrogen and oxygen atoms in total. The van der Waals surface area contributed by atoms with Gasteiger partial charge >= 0.3 is 0 Å². The Bertz CT molecular complexity index is 239. The SMILES string of the molecule is CCCNCCC=CCc1ccsc1. The molecule has 0 aliphatic carbocycles. The third-order valence-electron chi connectivity index (χ3n) is 2.01. The quantitative estimate of drug-likeness (QED) is 0.537. The first-order valence-corrected chi connectivity index (χ1v) is 6.24. The summed E-state index contributed by atoms with van der Waals surface area (Å²) in [6.07, 6.45) is 7.97. The van der Waals surface area contributed by atoms with E-state index in [1.54, 1.807) is 11.3 Å². The number of allylic oxidation sites excluding steroid dienone is 1. The van der Waals surface area contributed by atoms with Crippen molar-refractivity contribution in [1.82, 2.24) is 5.32 Å². The predicted molar refractivity (Wildman–Crippen MR) is 64.9 cm³/mol. The van der Waals surface area contributed by atoms with E-state index in [1.165, 1.54) is 12.0 Å². The Morgan fingerprint density at radius 3 is 3.00 bits per heavy atom. The van der Waals surface area contributed by atoms with E-state index < -0.39 is 0 Å². The Balaban J connectivity index is 1.99. The molecule has 0 saturated heterocycles. The number of rotatable bonds is 7. The van der Waals surface area contributed by atoms with Gasteiger partial charge in [-0.05, 0) is 54.7 Å². The third kappa shape index (κ3) is 5.20. The van der Waals surface area contributed by atoms with Crippen LogP contribution in [0.15, 0.2) is 29.0 Å². The van der Waals surface area contributed by atoms with Crippen LogP contribution in [0.25, 0.3) is 0 Å². The molecule has 14 heavy (non-hydrogen) atoms. The molecule has 0 aliphatic rings. The van der Waals surface area contributed by atoms with E-state index in [-0.39, 0.29) is 0 Å². The first-order valence-electron chi connectivity index (χ1n) is 5.30. The number of nitrogens with one attached hydrogen (secondary N) is 1. The molecule has 0 radical (unpaired) electrons. The second-order valence-corrected chi connectivity index (χ2v) is 4.13. The van der Waals surface area contributed by atoms with Crippen molar-refractivity contribution >= 4 is 11.3 Å². The molecule has 0 aliphatic heterocycles. The van der Waals surface area contributed by atoms with Crippen molar-refractivity contribution in [2.75, 3.05) is 13.1 Å². The largest absolute Gasteiger partial charge is 0.316 e. The molecule has 1 aromatic rings. The van der Waals surface area contributed by atoms with Crippen LogP contribution in [-0.4, -0.2) is 13.1 Å². The summed E-state index contributed by atoms with van der Waals surface area (Å²) in [5.74, 6) is 0. The van der Waals surface area contributed by atoms with Gasteiger partial charge in [-0.3, -0.25) is 0 Å². The van der Waals surface area contributed by atoms with E-state index in [4.69, 9.17) is 0 Å². The first kappa shape index (κ1) is 11.5. The molecule has 0 aromatic carbocycles. The lowest BCUT2D eigenvalue weighted by Gasteiger charge is -1.97. The summed E-state index contributed by atoms with van der Waals surface area (Å²) < 4.78 is 0. The summed E-state index contributed by atoms with van der Waals surface area (Å²) in [6, 6.07) is 2.18. The van der Waals surface area contributed by atoms with Gasteiger partial charge in [-0.15, -0.1) is 0 Å². The minimum atomic E-state index is 1.08. The summed E-state index contributed by atoms with van der Waals surface area (Å²) in [7, 11) is 0. The normalized spacial score (nSPS) is 11.2. The fourth-order valence-corrected chi connectivity index (χ4v) is 1.91. The van der Waals surface area contributed by atoms with Gasteiger partial charge in [-0.25, -0.2) is 0 Å². The molecule has 78 valence electrons. The van der Waals surface area contributed by atoms with Crippen LogP contribution in [0.3, 0.4) is 0 Å². The van der Waals surface area contributed by atoms with Crippen LogP contribution in [-0.2, 0) is 6.42 Å². The molecular formula is C12H19NS. The molecule has 0 bridgehead atoms. The Hall–Kier alpha value is -0.600. The monoisotopic (exact) mass is 209 g/mol. The molecule has 0 spiro atoms. The highest BCUT2D eigenvalue weighted by molar-refractivity contribution is 7.07. The van der Waals surface area contributed by atoms with Crippen molar-refractivity contribution in [2.45, 2.75) is 26.2 Å². The van der Waals surface area contributed by atoms with Gasteiger partial charge in [0.1, 0.15) is 0 Å². The number of thiophene rings is 1. The highest BCUT2D eigenvalue weighted by atomic mass is 32.1. The van der Waals surface area contributed by atoms with Gasteiger partial charge in [0.25, 0.3) is 0 Å². The maximum atomic E-state index is 3.38. The second-order valence-electron chi connectivity index (χ2n) is 3.35. The standard InChI is InChI=1S/C12H19NS/c1-2-8-13-9-5-3-4-6-12-7-10-14-11-12/h3-4,7,10-11,13H,2,5-6,8-9H2,1H3. The van der Waals surface area contributed by atoms with Crippen LogP contribution >= 0.6 is 11.3 Å². The average molecular weight is 209 g/mol. The molecule has 0 saturated carbocycles. The molecule has 0 atom stereocenters. The smallest absolute Gasteiger partial charge is 0.00143 e. The van der Waals surface area contributed by atoms with E-state index >= 15 is 0 Å². The summed E-state index contributed by atoms with van der Waals surface area (Å²) in [5, 5.41) is 7.72. The number of hydrogen-bond acceptors (Lipinski definition) is 2. The summed E-state index contributed by atoms with van der Waals surface area (Å²) in [6.45, 7) is 4.44. The molecule has 1 rings (SSSR count). The molecule has 1 aromatic heterocycles. The van der Waals surface area contributed by atoms with Crippen molar-refractivity contribution < 1.29 is 0 Å². The van der Waals surface area contributed by atoms with Crippen LogP contribution in [0, 0.1) is 0 Å². The molecule has 1 N–H and O–H groups in total. The van der Waals surface area contributed by atoms with Crippen molar-refractivity contribution in [3.05, 3.63) is 34.5 Å². The maximum absolute atomic E-state index is 3.38. The topological polar surface area (TPSA) is 12.0 Å². The summed E-state index contributed by atoms with van der Waals surface area (Å²) in [4.78, 5) is 0. The molecule has 1 heterocycles. The Morgan fingerprint density at radius 2 is 2.29 bits per heavy atom. The van der Waals surface area contributed by atoms with Crippen LogP contribution in [0.4, 0.5) is 0 Å². The van der Waals surface area contributed by atoms with Gasteiger partial charge in [-0.1, -0.05) is 19.1 Å². The fourth-order valence-electron chi connectivity index (χ4n) is 1.23. The van der Waals surface area contributed by atoms with E-state index in [2.05, 4.69) is 41.2 Å². The first-order chi connectivity index (χ1) is 6.93. The van der Waals surface area contributed by atoms with Crippen LogP contribution < -0.4 is 5.32 Å². The van der Waals surface area contributed by atoms with Crippen LogP contribution in [0.2, 0.25) is 0 Å². The summed E-state index contributed by atoms with van der Waals surface area (Å²) >= 11 is 1.77. The van der Waals surface area contributed by atoms with Gasteiger partial charge < -0.3 is 5.32 Å². The van der Waals surface area contributed by atoms with Gasteiger partial charge in [0.05, 0.1) is 0 Å². The highest BCUT2D eigenvalue weighted by Gasteiger charge is 1.87. The molecular weight excluding hydrogens is 190 g/mol. The van der Waals surface area contributed by atoms with Gasteiger partial charge in [0.15, 0.2) is 0 Å². The van der Waals surface area contributed by atoms with E-state index in [0.29, 0.717) is 0 Å². The Kier molecular flexibility index (Phi) is 6.37. The van der Waals surface area contributed by atoms with Gasteiger partial charge in [-0.2, -0.15) is 11.3 Å². The Labute approximate surface area is 90.9 Å². The minimum Gasteiger partial charge on any atom is -0.316 e. The third-order valence-corrected chi connectivity index (χ3v) is 2.75. The molecule has 2 heteroatoms. The van der Waals surface area contributed by atoms with Crippen molar-refractivity contribution in [1.29, 1.82) is 0 Å². The maximum Gasteiger partial charge on any atom is -0.00143 e. The minimum absolute atomic E-state index is 1.08. The Morgan fingerprint density at radius 1 is 1.36 bits per heavy atom. The van der Waals surface area contributed by atoms with Gasteiger partial charge in [0.2, 0.25) is 0 Å². The van der Waals surface area contributed by atoms with E-state index in [0.717, 1.165) is 25.9 Å². The lowest BCUT2D eigenvalue weighted by Crippen LogP contribution is -2.14.